The third-order valence-electron chi connectivity index (χ3n) is 4.62. The lowest BCUT2D eigenvalue weighted by Crippen LogP contribution is -2.64. The van der Waals surface area contributed by atoms with Gasteiger partial charge in [0.1, 0.15) is 0 Å². The molecular weight excluding hydrogens is 274 g/mol. The summed E-state index contributed by atoms with van der Waals surface area (Å²) in [4.78, 5) is 4.47. The molecule has 1 aliphatic carbocycles. The van der Waals surface area contributed by atoms with Gasteiger partial charge in [-0.25, -0.2) is 8.42 Å². The van der Waals surface area contributed by atoms with Crippen molar-refractivity contribution in [3.05, 3.63) is 0 Å². The molecule has 0 amide bonds. The van der Waals surface area contributed by atoms with E-state index in [2.05, 4.69) is 23.6 Å². The van der Waals surface area contributed by atoms with E-state index in [0.29, 0.717) is 12.6 Å². The van der Waals surface area contributed by atoms with Gasteiger partial charge in [0.25, 0.3) is 0 Å². The van der Waals surface area contributed by atoms with E-state index in [9.17, 15) is 8.42 Å². The van der Waals surface area contributed by atoms with Crippen LogP contribution in [0, 0.1) is 0 Å². The number of sulfone groups is 1. The number of hydrogen-bond acceptors (Lipinski definition) is 5. The predicted octanol–water partition coefficient (Wildman–Crippen LogP) is 0.553. The normalized spacial score (nSPS) is 29.3. The van der Waals surface area contributed by atoms with Crippen molar-refractivity contribution in [3.63, 3.8) is 0 Å². The Balaban J connectivity index is 3.12. The van der Waals surface area contributed by atoms with E-state index in [1.54, 1.807) is 0 Å². The fraction of sp³-hybridized carbons (Fsp3) is 1.00. The molecule has 20 heavy (non-hydrogen) atoms. The van der Waals surface area contributed by atoms with Crippen LogP contribution >= 0.6 is 0 Å². The van der Waals surface area contributed by atoms with Crippen molar-refractivity contribution < 1.29 is 8.42 Å². The van der Waals surface area contributed by atoms with Crippen LogP contribution in [-0.4, -0.2) is 75.0 Å². The summed E-state index contributed by atoms with van der Waals surface area (Å²) < 4.78 is 24.4. The molecule has 3 atom stereocenters. The van der Waals surface area contributed by atoms with Gasteiger partial charge in [-0.3, -0.25) is 4.90 Å². The number of rotatable bonds is 7. The van der Waals surface area contributed by atoms with E-state index in [1.165, 1.54) is 6.26 Å². The van der Waals surface area contributed by atoms with E-state index in [0.717, 1.165) is 32.4 Å². The summed E-state index contributed by atoms with van der Waals surface area (Å²) >= 11 is 0. The lowest BCUT2D eigenvalue weighted by molar-refractivity contribution is 0.0548. The molecule has 0 bridgehead atoms. The molecule has 6 heteroatoms. The largest absolute Gasteiger partial charge is 0.329 e. The van der Waals surface area contributed by atoms with Gasteiger partial charge in [0.05, 0.1) is 10.8 Å². The molecule has 0 aromatic rings. The fourth-order valence-electron chi connectivity index (χ4n) is 4.01. The summed E-state index contributed by atoms with van der Waals surface area (Å²) in [7, 11) is 1.01. The molecule has 5 nitrogen and oxygen atoms in total. The van der Waals surface area contributed by atoms with E-state index >= 15 is 0 Å². The van der Waals surface area contributed by atoms with Crippen LogP contribution in [0.2, 0.25) is 0 Å². The van der Waals surface area contributed by atoms with Gasteiger partial charge in [-0.15, -0.1) is 0 Å². The number of nitrogens with zero attached hydrogens (tertiary/aromatic N) is 2. The highest BCUT2D eigenvalue weighted by Crippen LogP contribution is 2.39. The molecule has 0 spiro atoms. The van der Waals surface area contributed by atoms with Crippen molar-refractivity contribution in [2.24, 2.45) is 5.73 Å². The highest BCUT2D eigenvalue weighted by Gasteiger charge is 2.51. The van der Waals surface area contributed by atoms with Gasteiger partial charge in [0, 0.05) is 25.4 Å². The fourth-order valence-corrected chi connectivity index (χ4v) is 5.75. The van der Waals surface area contributed by atoms with Crippen LogP contribution in [-0.2, 0) is 9.84 Å². The smallest absolute Gasteiger partial charge is 0.152 e. The molecule has 1 fully saturated rings. The van der Waals surface area contributed by atoms with Crippen LogP contribution in [0.4, 0.5) is 0 Å². The quantitative estimate of drug-likeness (QED) is 0.744. The molecule has 120 valence electrons. The number of nitrogens with two attached hydrogens (primary N) is 1. The molecule has 1 aliphatic rings. The van der Waals surface area contributed by atoms with Gasteiger partial charge in [-0.1, -0.05) is 13.3 Å². The van der Waals surface area contributed by atoms with Crippen LogP contribution in [0.25, 0.3) is 0 Å². The Morgan fingerprint density at radius 1 is 1.40 bits per heavy atom. The van der Waals surface area contributed by atoms with Crippen LogP contribution in [0.5, 0.6) is 0 Å². The van der Waals surface area contributed by atoms with Crippen molar-refractivity contribution in [2.75, 3.05) is 40.0 Å². The zero-order valence-electron chi connectivity index (χ0n) is 13.6. The van der Waals surface area contributed by atoms with Crippen LogP contribution in [0.15, 0.2) is 0 Å². The summed E-state index contributed by atoms with van der Waals surface area (Å²) in [5, 5.41) is -0.329. The van der Waals surface area contributed by atoms with Crippen molar-refractivity contribution in [1.29, 1.82) is 0 Å². The summed E-state index contributed by atoms with van der Waals surface area (Å²) in [5.41, 5.74) is 5.69. The predicted molar refractivity (Wildman–Crippen MR) is 84.7 cm³/mol. The Labute approximate surface area is 124 Å². The molecule has 0 aromatic heterocycles. The summed E-state index contributed by atoms with van der Waals surface area (Å²) in [6, 6.07) is 0.292. The Hall–Kier alpha value is -0.170. The zero-order chi connectivity index (χ0) is 15.6. The summed E-state index contributed by atoms with van der Waals surface area (Å²) in [5.74, 6) is 0. The second-order valence-corrected chi connectivity index (χ2v) is 8.64. The van der Waals surface area contributed by atoms with Gasteiger partial charge in [0.15, 0.2) is 9.84 Å². The maximum atomic E-state index is 12.2. The average molecular weight is 305 g/mol. The first kappa shape index (κ1) is 17.9. The SMILES string of the molecule is CCN(C(C)CN(C)C)C1(CN)CCCC1S(C)(=O)=O. The molecule has 2 N–H and O–H groups in total. The van der Waals surface area contributed by atoms with E-state index < -0.39 is 15.4 Å². The van der Waals surface area contributed by atoms with Crippen LogP contribution in [0.3, 0.4) is 0 Å². The topological polar surface area (TPSA) is 66.6 Å². The van der Waals surface area contributed by atoms with Crippen molar-refractivity contribution >= 4 is 9.84 Å². The highest BCUT2D eigenvalue weighted by molar-refractivity contribution is 7.91. The third-order valence-corrected chi connectivity index (χ3v) is 6.33. The van der Waals surface area contributed by atoms with Gasteiger partial charge in [-0.2, -0.15) is 0 Å². The molecule has 3 unspecified atom stereocenters. The molecule has 0 saturated heterocycles. The van der Waals surface area contributed by atoms with Gasteiger partial charge >= 0.3 is 0 Å². The van der Waals surface area contributed by atoms with Gasteiger partial charge in [-0.05, 0) is 40.4 Å². The maximum absolute atomic E-state index is 12.2. The summed E-state index contributed by atoms with van der Waals surface area (Å²) in [6.07, 6.45) is 3.92. The van der Waals surface area contributed by atoms with Crippen LogP contribution < -0.4 is 5.73 Å². The van der Waals surface area contributed by atoms with Crippen molar-refractivity contribution in [1.82, 2.24) is 9.80 Å². The van der Waals surface area contributed by atoms with Crippen molar-refractivity contribution in [3.8, 4) is 0 Å². The monoisotopic (exact) mass is 305 g/mol. The maximum Gasteiger partial charge on any atom is 0.152 e. The molecule has 0 heterocycles. The van der Waals surface area contributed by atoms with Gasteiger partial charge in [0.2, 0.25) is 0 Å². The van der Waals surface area contributed by atoms with E-state index in [-0.39, 0.29) is 5.25 Å². The first-order valence-electron chi connectivity index (χ1n) is 7.49. The average Bonchev–Trinajstić information content (AvgIpc) is 2.73. The van der Waals surface area contributed by atoms with Gasteiger partial charge < -0.3 is 10.6 Å². The molecular formula is C14H31N3O2S. The molecule has 0 aromatic carbocycles. The second kappa shape index (κ2) is 6.73. The molecule has 1 rings (SSSR count). The molecule has 0 radical (unpaired) electrons. The Morgan fingerprint density at radius 3 is 2.40 bits per heavy atom. The molecule has 1 saturated carbocycles. The highest BCUT2D eigenvalue weighted by atomic mass is 32.2. The van der Waals surface area contributed by atoms with Crippen molar-refractivity contribution in [2.45, 2.75) is 49.9 Å². The number of hydrogen-bond donors (Lipinski definition) is 1. The lowest BCUT2D eigenvalue weighted by atomic mass is 9.92. The lowest BCUT2D eigenvalue weighted by Gasteiger charge is -2.47. The van der Waals surface area contributed by atoms with Crippen LogP contribution in [0.1, 0.15) is 33.1 Å². The minimum absolute atomic E-state index is 0.292. The standard InChI is InChI=1S/C14H31N3O2S/c1-6-17(12(2)10-16(3)4)14(11-15)9-7-8-13(14)20(5,18)19/h12-13H,6-11,15H2,1-5H3. The molecule has 0 aliphatic heterocycles. The van der Waals surface area contributed by atoms with E-state index in [4.69, 9.17) is 5.73 Å². The Morgan fingerprint density at radius 2 is 2.00 bits per heavy atom. The second-order valence-electron chi connectivity index (χ2n) is 6.42. The summed E-state index contributed by atoms with van der Waals surface area (Å²) in [6.45, 7) is 6.42. The first-order valence-corrected chi connectivity index (χ1v) is 9.45. The third kappa shape index (κ3) is 3.53. The number of likely N-dealkylation sites (N-methyl/N-ethyl adjacent to an activating group) is 2. The Kier molecular flexibility index (Phi) is 6.01. The Bertz CT molecular complexity index is 411. The first-order chi connectivity index (χ1) is 9.19. The van der Waals surface area contributed by atoms with E-state index in [1.807, 2.05) is 14.1 Å². The minimum Gasteiger partial charge on any atom is -0.329 e. The minimum atomic E-state index is -3.07. The zero-order valence-corrected chi connectivity index (χ0v) is 14.4.